The van der Waals surface area contributed by atoms with Crippen LogP contribution < -0.4 is 0 Å². The molecule has 0 unspecified atom stereocenters. The normalized spacial score (nSPS) is 11.2. The predicted molar refractivity (Wildman–Crippen MR) is 91.2 cm³/mol. The fourth-order valence-corrected chi connectivity index (χ4v) is 3.35. The van der Waals surface area contributed by atoms with Crippen LogP contribution >= 0.6 is 22.6 Å². The van der Waals surface area contributed by atoms with Crippen molar-refractivity contribution in [3.8, 4) is 5.88 Å². The molecule has 0 aliphatic carbocycles. The van der Waals surface area contributed by atoms with Gasteiger partial charge in [-0.1, -0.05) is 31.2 Å². The van der Waals surface area contributed by atoms with Crippen molar-refractivity contribution in [2.45, 2.75) is 19.9 Å². The fourth-order valence-electron chi connectivity index (χ4n) is 2.50. The van der Waals surface area contributed by atoms with Crippen LogP contribution in [-0.2, 0) is 13.0 Å². The number of fused-ring (bicyclic) bond motifs is 1. The molecule has 0 atom stereocenters. The molecular formula is C17H15FINO. The molecule has 108 valence electrons. The summed E-state index contributed by atoms with van der Waals surface area (Å²) in [5.74, 6) is -0.0923. The average molecular weight is 395 g/mol. The third-order valence-electron chi connectivity index (χ3n) is 3.66. The second-order valence-electron chi connectivity index (χ2n) is 5.10. The third kappa shape index (κ3) is 2.77. The second-order valence-corrected chi connectivity index (χ2v) is 6.26. The maximum absolute atomic E-state index is 13.5. The van der Waals surface area contributed by atoms with Gasteiger partial charge in [0.05, 0.1) is 11.9 Å². The van der Waals surface area contributed by atoms with E-state index in [2.05, 4.69) is 31.2 Å². The molecule has 3 aromatic rings. The van der Waals surface area contributed by atoms with Crippen molar-refractivity contribution >= 4 is 33.4 Å². The van der Waals surface area contributed by atoms with E-state index in [0.29, 0.717) is 11.9 Å². The largest absolute Gasteiger partial charge is 0.494 e. The molecule has 0 spiro atoms. The summed E-state index contributed by atoms with van der Waals surface area (Å²) in [7, 11) is 0. The van der Waals surface area contributed by atoms with Gasteiger partial charge in [0.2, 0.25) is 0 Å². The summed E-state index contributed by atoms with van der Waals surface area (Å²) in [5.41, 5.74) is 2.40. The summed E-state index contributed by atoms with van der Waals surface area (Å²) >= 11 is 2.05. The van der Waals surface area contributed by atoms with E-state index in [4.69, 9.17) is 0 Å². The van der Waals surface area contributed by atoms with Crippen LogP contribution in [0.4, 0.5) is 4.39 Å². The smallest absolute Gasteiger partial charge is 0.200 e. The molecule has 1 heterocycles. The van der Waals surface area contributed by atoms with Crippen molar-refractivity contribution in [2.75, 3.05) is 0 Å². The predicted octanol–water partition coefficient (Wildman–Crippen LogP) is 4.70. The van der Waals surface area contributed by atoms with Crippen LogP contribution in [0.1, 0.15) is 18.1 Å². The highest BCUT2D eigenvalue weighted by molar-refractivity contribution is 14.1. The Balaban J connectivity index is 2.00. The molecule has 2 nitrogen and oxygen atoms in total. The minimum Gasteiger partial charge on any atom is -0.494 e. The van der Waals surface area contributed by atoms with Crippen LogP contribution in [0, 0.1) is 9.39 Å². The van der Waals surface area contributed by atoms with E-state index in [9.17, 15) is 9.50 Å². The van der Waals surface area contributed by atoms with Crippen LogP contribution in [0.3, 0.4) is 0 Å². The van der Waals surface area contributed by atoms with E-state index >= 15 is 0 Å². The number of benzene rings is 2. The van der Waals surface area contributed by atoms with Crippen molar-refractivity contribution in [1.82, 2.24) is 4.57 Å². The molecular weight excluding hydrogens is 380 g/mol. The Hall–Kier alpha value is -1.56. The lowest BCUT2D eigenvalue weighted by molar-refractivity contribution is 0.430. The molecule has 0 amide bonds. The standard InChI is InChI=1S/C17H15FINO/c1-2-11-3-5-12(6-4-11)9-20-10-13-7-14(18)8-15(19)16(13)17(20)21/h3-8,10,21H,2,9H2,1H3. The van der Waals surface area contributed by atoms with Gasteiger partial charge in [-0.3, -0.25) is 0 Å². The first kappa shape index (κ1) is 14.4. The molecule has 0 bridgehead atoms. The number of aromatic hydroxyl groups is 1. The first-order valence-corrected chi connectivity index (χ1v) is 7.91. The number of hydrogen-bond acceptors (Lipinski definition) is 1. The van der Waals surface area contributed by atoms with Crippen LogP contribution in [0.15, 0.2) is 42.6 Å². The summed E-state index contributed by atoms with van der Waals surface area (Å²) in [5, 5.41) is 11.8. The van der Waals surface area contributed by atoms with E-state index in [1.165, 1.54) is 17.7 Å². The number of halogens is 2. The zero-order chi connectivity index (χ0) is 15.0. The molecule has 0 aliphatic heterocycles. The Kier molecular flexibility index (Phi) is 3.89. The Bertz CT molecular complexity index is 793. The molecule has 0 fully saturated rings. The Labute approximate surface area is 136 Å². The number of rotatable bonds is 3. The number of aromatic nitrogens is 1. The summed E-state index contributed by atoms with van der Waals surface area (Å²) < 4.78 is 15.9. The van der Waals surface area contributed by atoms with Gasteiger partial charge in [-0.15, -0.1) is 0 Å². The Morgan fingerprint density at radius 2 is 1.81 bits per heavy atom. The maximum atomic E-state index is 13.5. The van der Waals surface area contributed by atoms with E-state index in [-0.39, 0.29) is 11.7 Å². The highest BCUT2D eigenvalue weighted by atomic mass is 127. The minimum atomic E-state index is -0.281. The van der Waals surface area contributed by atoms with Crippen molar-refractivity contribution in [3.63, 3.8) is 0 Å². The maximum Gasteiger partial charge on any atom is 0.200 e. The van der Waals surface area contributed by atoms with Gasteiger partial charge in [-0.05, 0) is 52.3 Å². The summed E-state index contributed by atoms with van der Waals surface area (Å²) in [6.07, 6.45) is 2.81. The molecule has 1 aromatic heterocycles. The lowest BCUT2D eigenvalue weighted by Gasteiger charge is -2.06. The highest BCUT2D eigenvalue weighted by Crippen LogP contribution is 2.32. The van der Waals surface area contributed by atoms with Gasteiger partial charge in [-0.2, -0.15) is 0 Å². The molecule has 0 saturated heterocycles. The molecule has 4 heteroatoms. The third-order valence-corrected chi connectivity index (χ3v) is 4.51. The Morgan fingerprint density at radius 1 is 1.14 bits per heavy atom. The average Bonchev–Trinajstić information content (AvgIpc) is 2.76. The molecule has 3 rings (SSSR count). The molecule has 2 aromatic carbocycles. The van der Waals surface area contributed by atoms with Gasteiger partial charge in [0.25, 0.3) is 0 Å². The van der Waals surface area contributed by atoms with Crippen LogP contribution in [0.5, 0.6) is 5.88 Å². The van der Waals surface area contributed by atoms with Gasteiger partial charge >= 0.3 is 0 Å². The summed E-state index contributed by atoms with van der Waals surface area (Å²) in [4.78, 5) is 0. The van der Waals surface area contributed by atoms with Crippen LogP contribution in [-0.4, -0.2) is 9.67 Å². The van der Waals surface area contributed by atoms with E-state index in [1.54, 1.807) is 10.8 Å². The van der Waals surface area contributed by atoms with E-state index < -0.39 is 0 Å². The van der Waals surface area contributed by atoms with E-state index in [0.717, 1.165) is 20.9 Å². The first-order valence-electron chi connectivity index (χ1n) is 6.83. The molecule has 0 radical (unpaired) electrons. The molecule has 1 N–H and O–H groups in total. The molecule has 0 saturated carbocycles. The number of aryl methyl sites for hydroxylation is 1. The van der Waals surface area contributed by atoms with Crippen LogP contribution in [0.25, 0.3) is 10.8 Å². The fraction of sp³-hybridized carbons (Fsp3) is 0.176. The summed E-state index contributed by atoms with van der Waals surface area (Å²) in [6, 6.07) is 11.2. The minimum absolute atomic E-state index is 0.189. The van der Waals surface area contributed by atoms with Gasteiger partial charge < -0.3 is 9.67 Å². The van der Waals surface area contributed by atoms with E-state index in [1.807, 2.05) is 22.6 Å². The van der Waals surface area contributed by atoms with Gasteiger partial charge in [0.1, 0.15) is 5.82 Å². The quantitative estimate of drug-likeness (QED) is 0.639. The Morgan fingerprint density at radius 3 is 2.48 bits per heavy atom. The zero-order valence-corrected chi connectivity index (χ0v) is 13.8. The molecule has 0 aliphatic rings. The lowest BCUT2D eigenvalue weighted by Crippen LogP contribution is -1.97. The molecule has 21 heavy (non-hydrogen) atoms. The van der Waals surface area contributed by atoms with Gasteiger partial charge in [0, 0.05) is 15.2 Å². The first-order chi connectivity index (χ1) is 10.1. The second kappa shape index (κ2) is 5.67. The lowest BCUT2D eigenvalue weighted by atomic mass is 10.1. The van der Waals surface area contributed by atoms with Crippen molar-refractivity contribution < 1.29 is 9.50 Å². The van der Waals surface area contributed by atoms with Gasteiger partial charge in [-0.25, -0.2) is 4.39 Å². The number of hydrogen-bond donors (Lipinski definition) is 1. The highest BCUT2D eigenvalue weighted by Gasteiger charge is 2.13. The summed E-state index contributed by atoms with van der Waals surface area (Å²) in [6.45, 7) is 2.69. The van der Waals surface area contributed by atoms with Crippen LogP contribution in [0.2, 0.25) is 0 Å². The number of nitrogens with zero attached hydrogens (tertiary/aromatic N) is 1. The van der Waals surface area contributed by atoms with Crippen molar-refractivity contribution in [1.29, 1.82) is 0 Å². The topological polar surface area (TPSA) is 25.2 Å². The monoisotopic (exact) mass is 395 g/mol. The van der Waals surface area contributed by atoms with Crippen molar-refractivity contribution in [3.05, 3.63) is 63.1 Å². The van der Waals surface area contributed by atoms with Crippen molar-refractivity contribution in [2.24, 2.45) is 0 Å². The SMILES string of the molecule is CCc1ccc(Cn2cc3cc(F)cc(I)c3c2O)cc1. The zero-order valence-electron chi connectivity index (χ0n) is 11.6. The van der Waals surface area contributed by atoms with Gasteiger partial charge in [0.15, 0.2) is 5.88 Å².